The van der Waals surface area contributed by atoms with Crippen molar-refractivity contribution < 1.29 is 0 Å². The zero-order valence-corrected chi connectivity index (χ0v) is 10.2. The van der Waals surface area contributed by atoms with E-state index in [0.29, 0.717) is 15.5 Å². The molecule has 1 aromatic rings. The molecule has 0 aliphatic rings. The number of anilines is 1. The van der Waals surface area contributed by atoms with Crippen LogP contribution in [0.4, 0.5) is 5.82 Å². The highest BCUT2D eigenvalue weighted by molar-refractivity contribution is 9.10. The molecule has 76 valence electrons. The van der Waals surface area contributed by atoms with Crippen LogP contribution in [0, 0.1) is 0 Å². The van der Waals surface area contributed by atoms with Gasteiger partial charge in [0.2, 0.25) is 0 Å². The highest BCUT2D eigenvalue weighted by atomic mass is 79.9. The molecule has 6 heteroatoms. The quantitative estimate of drug-likeness (QED) is 0.826. The summed E-state index contributed by atoms with van der Waals surface area (Å²) in [4.78, 5) is 8.10. The summed E-state index contributed by atoms with van der Waals surface area (Å²) < 4.78 is 0.704. The molecular weight excluding hydrogens is 264 g/mol. The number of hydrogen-bond acceptors (Lipinski definition) is 3. The van der Waals surface area contributed by atoms with Gasteiger partial charge in [-0.3, -0.25) is 0 Å². The normalized spacial score (nSPS) is 9.57. The molecule has 0 fully saturated rings. The van der Waals surface area contributed by atoms with Crippen LogP contribution in [-0.4, -0.2) is 21.6 Å². The zero-order chi connectivity index (χ0) is 10.4. The summed E-state index contributed by atoms with van der Waals surface area (Å²) in [5.74, 6) is 0.641. The number of rotatable bonds is 3. The Morgan fingerprint density at radius 1 is 1.50 bits per heavy atom. The van der Waals surface area contributed by atoms with E-state index in [-0.39, 0.29) is 0 Å². The number of nitrogens with zero attached hydrogens (tertiary/aromatic N) is 2. The fraction of sp³-hybridized carbons (Fsp3) is 0.375. The van der Waals surface area contributed by atoms with Gasteiger partial charge in [-0.1, -0.05) is 6.92 Å². The van der Waals surface area contributed by atoms with E-state index in [1.807, 2.05) is 0 Å². The van der Waals surface area contributed by atoms with Crippen molar-refractivity contribution in [3.63, 3.8) is 0 Å². The number of nitrogens with one attached hydrogen (secondary N) is 2. The molecule has 1 rings (SSSR count). The van der Waals surface area contributed by atoms with Crippen LogP contribution in [0.25, 0.3) is 0 Å². The first kappa shape index (κ1) is 11.3. The zero-order valence-electron chi connectivity index (χ0n) is 7.75. The lowest BCUT2D eigenvalue weighted by Gasteiger charge is -2.07. The summed E-state index contributed by atoms with van der Waals surface area (Å²) in [5.41, 5.74) is 0. The molecule has 2 N–H and O–H groups in total. The van der Waals surface area contributed by atoms with Crippen LogP contribution >= 0.6 is 28.1 Å². The summed E-state index contributed by atoms with van der Waals surface area (Å²) >= 11 is 8.24. The Kier molecular flexibility index (Phi) is 4.75. The Morgan fingerprint density at radius 3 is 2.86 bits per heavy atom. The lowest BCUT2D eigenvalue weighted by atomic mass is 10.5. The summed E-state index contributed by atoms with van der Waals surface area (Å²) in [6, 6.07) is 0. The fourth-order valence-corrected chi connectivity index (χ4v) is 1.19. The molecule has 0 aromatic carbocycles. The maximum absolute atomic E-state index is 5.03. The molecule has 14 heavy (non-hydrogen) atoms. The minimum Gasteiger partial charge on any atom is -0.362 e. The third-order valence-electron chi connectivity index (χ3n) is 1.40. The van der Waals surface area contributed by atoms with Crippen molar-refractivity contribution in [1.82, 2.24) is 15.3 Å². The molecule has 0 spiro atoms. The van der Waals surface area contributed by atoms with Crippen LogP contribution in [0.1, 0.15) is 13.3 Å². The Labute approximate surface area is 96.7 Å². The molecule has 0 amide bonds. The fourth-order valence-electron chi connectivity index (χ4n) is 0.776. The summed E-state index contributed by atoms with van der Waals surface area (Å²) in [6.45, 7) is 2.94. The molecule has 0 saturated carbocycles. The topological polar surface area (TPSA) is 49.8 Å². The van der Waals surface area contributed by atoms with Gasteiger partial charge in [0, 0.05) is 6.54 Å². The summed E-state index contributed by atoms with van der Waals surface area (Å²) in [7, 11) is 0. The second-order valence-corrected chi connectivity index (χ2v) is 3.83. The monoisotopic (exact) mass is 274 g/mol. The maximum Gasteiger partial charge on any atom is 0.171 e. The smallest absolute Gasteiger partial charge is 0.171 e. The molecule has 0 aliphatic heterocycles. The predicted molar refractivity (Wildman–Crippen MR) is 64.2 cm³/mol. The van der Waals surface area contributed by atoms with Crippen LogP contribution in [-0.2, 0) is 0 Å². The van der Waals surface area contributed by atoms with Crippen LogP contribution in [0.15, 0.2) is 17.0 Å². The summed E-state index contributed by atoms with van der Waals surface area (Å²) in [5, 5.41) is 6.54. The number of aromatic nitrogens is 2. The van der Waals surface area contributed by atoms with E-state index in [1.54, 1.807) is 12.4 Å². The number of halogens is 1. The van der Waals surface area contributed by atoms with Crippen LogP contribution in [0.2, 0.25) is 0 Å². The molecular formula is C8H11BrN4S. The SMILES string of the molecule is CCCNC(=S)Nc1cnc(Br)cn1. The second-order valence-electron chi connectivity index (χ2n) is 2.61. The average Bonchev–Trinajstić information content (AvgIpc) is 2.18. The first-order valence-electron chi connectivity index (χ1n) is 4.24. The van der Waals surface area contributed by atoms with Gasteiger partial charge in [0.25, 0.3) is 0 Å². The van der Waals surface area contributed by atoms with Crippen molar-refractivity contribution in [2.45, 2.75) is 13.3 Å². The van der Waals surface area contributed by atoms with E-state index in [9.17, 15) is 0 Å². The van der Waals surface area contributed by atoms with Crippen molar-refractivity contribution in [2.24, 2.45) is 0 Å². The van der Waals surface area contributed by atoms with Crippen molar-refractivity contribution in [2.75, 3.05) is 11.9 Å². The standard InChI is InChI=1S/C8H11BrN4S/c1-2-3-10-8(14)13-7-5-11-6(9)4-12-7/h4-5H,2-3H2,1H3,(H2,10,12,13,14). The molecule has 1 aromatic heterocycles. The minimum absolute atomic E-state index is 0.573. The predicted octanol–water partition coefficient (Wildman–Crippen LogP) is 1.94. The van der Waals surface area contributed by atoms with Crippen LogP contribution in [0.3, 0.4) is 0 Å². The number of hydrogen-bond donors (Lipinski definition) is 2. The largest absolute Gasteiger partial charge is 0.362 e. The van der Waals surface area contributed by atoms with Crippen LogP contribution in [0.5, 0.6) is 0 Å². The number of thiocarbonyl (C=S) groups is 1. The van der Waals surface area contributed by atoms with E-state index < -0.39 is 0 Å². The lowest BCUT2D eigenvalue weighted by molar-refractivity contribution is 0.846. The highest BCUT2D eigenvalue weighted by Crippen LogP contribution is 2.05. The summed E-state index contributed by atoms with van der Waals surface area (Å²) in [6.07, 6.45) is 4.27. The van der Waals surface area contributed by atoms with Gasteiger partial charge < -0.3 is 10.6 Å². The van der Waals surface area contributed by atoms with Crippen molar-refractivity contribution in [3.05, 3.63) is 17.0 Å². The third kappa shape index (κ3) is 3.97. The molecule has 1 heterocycles. The highest BCUT2D eigenvalue weighted by Gasteiger charge is 1.97. The van der Waals surface area contributed by atoms with Gasteiger partial charge >= 0.3 is 0 Å². The Balaban J connectivity index is 2.44. The van der Waals surface area contributed by atoms with E-state index in [1.165, 1.54) is 0 Å². The molecule has 0 atom stereocenters. The first-order valence-corrected chi connectivity index (χ1v) is 5.45. The van der Waals surface area contributed by atoms with Gasteiger partial charge in [-0.15, -0.1) is 0 Å². The van der Waals surface area contributed by atoms with E-state index in [4.69, 9.17) is 12.2 Å². The van der Waals surface area contributed by atoms with Gasteiger partial charge in [-0.05, 0) is 34.6 Å². The Hall–Kier alpha value is -0.750. The van der Waals surface area contributed by atoms with Gasteiger partial charge in [0.1, 0.15) is 4.60 Å². The average molecular weight is 275 g/mol. The molecule has 0 bridgehead atoms. The minimum atomic E-state index is 0.573. The molecule has 0 unspecified atom stereocenters. The second kappa shape index (κ2) is 5.87. The van der Waals surface area contributed by atoms with E-state index in [0.717, 1.165) is 13.0 Å². The third-order valence-corrected chi connectivity index (χ3v) is 2.05. The van der Waals surface area contributed by atoms with Gasteiger partial charge in [-0.2, -0.15) is 0 Å². The molecule has 4 nitrogen and oxygen atoms in total. The molecule has 0 saturated heterocycles. The maximum atomic E-state index is 5.03. The van der Waals surface area contributed by atoms with Crippen molar-refractivity contribution >= 4 is 39.1 Å². The van der Waals surface area contributed by atoms with Crippen molar-refractivity contribution in [3.8, 4) is 0 Å². The van der Waals surface area contributed by atoms with Crippen LogP contribution < -0.4 is 10.6 Å². The lowest BCUT2D eigenvalue weighted by Crippen LogP contribution is -2.29. The molecule has 0 radical (unpaired) electrons. The van der Waals surface area contributed by atoms with E-state index in [2.05, 4.69) is 43.5 Å². The molecule has 0 aliphatic carbocycles. The van der Waals surface area contributed by atoms with Crippen molar-refractivity contribution in [1.29, 1.82) is 0 Å². The van der Waals surface area contributed by atoms with E-state index >= 15 is 0 Å². The van der Waals surface area contributed by atoms with Gasteiger partial charge in [-0.25, -0.2) is 9.97 Å². The Morgan fingerprint density at radius 2 is 2.29 bits per heavy atom. The van der Waals surface area contributed by atoms with Gasteiger partial charge in [0.15, 0.2) is 10.9 Å². The van der Waals surface area contributed by atoms with Gasteiger partial charge in [0.05, 0.1) is 12.4 Å². The Bertz CT molecular complexity index is 301. The first-order chi connectivity index (χ1) is 6.72.